The molecule has 1 aliphatic rings. The molecule has 6 heteroatoms. The zero-order valence-electron chi connectivity index (χ0n) is 6.56. The third-order valence-electron chi connectivity index (χ3n) is 1.57. The summed E-state index contributed by atoms with van der Waals surface area (Å²) in [6, 6.07) is 0. The van der Waals surface area contributed by atoms with Crippen LogP contribution in [0.3, 0.4) is 0 Å². The fourth-order valence-electron chi connectivity index (χ4n) is 0.927. The first kappa shape index (κ1) is 9.06. The van der Waals surface area contributed by atoms with Crippen molar-refractivity contribution in [3.05, 3.63) is 11.1 Å². The second kappa shape index (κ2) is 3.58. The molecule has 0 aromatic rings. The van der Waals surface area contributed by atoms with Crippen LogP contribution in [0, 0.1) is 0 Å². The van der Waals surface area contributed by atoms with E-state index in [4.69, 9.17) is 5.53 Å². The van der Waals surface area contributed by atoms with Gasteiger partial charge in [-0.05, 0) is 0 Å². The summed E-state index contributed by atoms with van der Waals surface area (Å²) in [6.45, 7) is -0.0403. The molecule has 0 unspecified atom stereocenters. The molecule has 0 N–H and O–H groups in total. The summed E-state index contributed by atoms with van der Waals surface area (Å²) in [5.41, 5.74) is 8.02. The predicted octanol–water partition coefficient (Wildman–Crippen LogP) is -1.54. The highest BCUT2D eigenvalue weighted by Gasteiger charge is 2.33. The van der Waals surface area contributed by atoms with Crippen molar-refractivity contribution in [2.75, 3.05) is 13.1 Å². The van der Waals surface area contributed by atoms with Crippen LogP contribution in [0.4, 0.5) is 0 Å². The number of nitrogens with zero attached hydrogens (tertiary/aromatic N) is 3. The Bertz CT molecular complexity index is 361. The maximum atomic E-state index is 10.9. The van der Waals surface area contributed by atoms with Crippen LogP contribution < -0.4 is 0 Å². The molecule has 1 rings (SSSR count). The summed E-state index contributed by atoms with van der Waals surface area (Å²) >= 11 is 0. The van der Waals surface area contributed by atoms with Gasteiger partial charge < -0.3 is 10.4 Å². The van der Waals surface area contributed by atoms with Crippen LogP contribution >= 0.6 is 0 Å². The Morgan fingerprint density at radius 3 is 2.92 bits per heavy atom. The molecule has 0 spiro atoms. The predicted molar refractivity (Wildman–Crippen MR) is 40.5 cm³/mol. The summed E-state index contributed by atoms with van der Waals surface area (Å²) in [5.74, 6) is 0.477. The molecule has 0 radical (unpaired) electrons. The second-order valence-corrected chi connectivity index (χ2v) is 2.45. The minimum atomic E-state index is -0.499. The summed E-state index contributed by atoms with van der Waals surface area (Å²) in [6.07, 6.45) is 0.704. The van der Waals surface area contributed by atoms with Crippen molar-refractivity contribution in [1.82, 2.24) is 4.90 Å². The first-order chi connectivity index (χ1) is 6.19. The van der Waals surface area contributed by atoms with Crippen LogP contribution in [0.5, 0.6) is 0 Å². The average Bonchev–Trinajstić information content (AvgIpc) is 2.11. The molecule has 13 heavy (non-hydrogen) atoms. The lowest BCUT2D eigenvalue weighted by Gasteiger charge is -2.29. The third kappa shape index (κ3) is 1.76. The van der Waals surface area contributed by atoms with E-state index in [1.54, 1.807) is 0 Å². The second-order valence-electron chi connectivity index (χ2n) is 2.45. The minimum Gasteiger partial charge on any atom is -0.361 e. The molecule has 6 nitrogen and oxygen atoms in total. The van der Waals surface area contributed by atoms with Gasteiger partial charge >= 0.3 is 6.21 Å². The van der Waals surface area contributed by atoms with Gasteiger partial charge in [-0.1, -0.05) is 0 Å². The molecule has 0 aromatic carbocycles. The maximum absolute atomic E-state index is 10.9. The maximum Gasteiger partial charge on any atom is 0.325 e. The molecular formula is C7H5N3O3. The lowest BCUT2D eigenvalue weighted by Crippen LogP contribution is -2.49. The summed E-state index contributed by atoms with van der Waals surface area (Å²) < 4.78 is 0. The molecule has 0 bridgehead atoms. The van der Waals surface area contributed by atoms with Gasteiger partial charge in [0.05, 0.1) is 13.1 Å². The van der Waals surface area contributed by atoms with E-state index in [1.807, 2.05) is 0 Å². The van der Waals surface area contributed by atoms with Gasteiger partial charge in [0.25, 0.3) is 11.7 Å². The summed E-state index contributed by atoms with van der Waals surface area (Å²) in [5, 5.41) is 0. The van der Waals surface area contributed by atoms with E-state index in [0.29, 0.717) is 6.21 Å². The zero-order chi connectivity index (χ0) is 9.84. The van der Waals surface area contributed by atoms with E-state index in [0.717, 1.165) is 4.90 Å². The van der Waals surface area contributed by atoms with E-state index in [1.165, 1.54) is 5.94 Å². The number of ketones is 1. The first-order valence-electron chi connectivity index (χ1n) is 3.42. The van der Waals surface area contributed by atoms with Crippen LogP contribution in [0.2, 0.25) is 0 Å². The standard InChI is InChI=1S/C7H5N3O3/c8-9-1-6(12)3-10-2-5(4-11)7(10)13/h1H,2-3H2. The van der Waals surface area contributed by atoms with Crippen molar-refractivity contribution < 1.29 is 19.2 Å². The monoisotopic (exact) mass is 179 g/mol. The lowest BCUT2D eigenvalue weighted by atomic mass is 10.1. The fourth-order valence-corrected chi connectivity index (χ4v) is 0.927. The lowest BCUT2D eigenvalue weighted by molar-refractivity contribution is -0.135. The average molecular weight is 179 g/mol. The van der Waals surface area contributed by atoms with Crippen molar-refractivity contribution in [1.29, 1.82) is 0 Å². The van der Waals surface area contributed by atoms with Gasteiger partial charge in [-0.25, -0.2) is 4.79 Å². The van der Waals surface area contributed by atoms with Crippen LogP contribution in [-0.2, 0) is 14.4 Å². The van der Waals surface area contributed by atoms with Gasteiger partial charge in [-0.3, -0.25) is 9.59 Å². The molecule has 1 aliphatic heterocycles. The van der Waals surface area contributed by atoms with E-state index >= 15 is 0 Å². The van der Waals surface area contributed by atoms with Crippen LogP contribution in [-0.4, -0.2) is 46.6 Å². The smallest absolute Gasteiger partial charge is 0.325 e. The Morgan fingerprint density at radius 1 is 1.77 bits per heavy atom. The quantitative estimate of drug-likeness (QED) is 0.131. The van der Waals surface area contributed by atoms with Crippen molar-refractivity contribution in [2.45, 2.75) is 0 Å². The van der Waals surface area contributed by atoms with Crippen molar-refractivity contribution in [3.8, 4) is 0 Å². The van der Waals surface area contributed by atoms with Crippen LogP contribution in [0.15, 0.2) is 5.57 Å². The zero-order valence-corrected chi connectivity index (χ0v) is 6.56. The number of hydrogen-bond acceptors (Lipinski definition) is 3. The minimum absolute atomic E-state index is 0.0359. The van der Waals surface area contributed by atoms with Gasteiger partial charge in [0.15, 0.2) is 0 Å². The highest BCUT2D eigenvalue weighted by Crippen LogP contribution is 2.12. The highest BCUT2D eigenvalue weighted by molar-refractivity contribution is 6.27. The van der Waals surface area contributed by atoms with Gasteiger partial charge in [0, 0.05) is 0 Å². The molecule has 1 saturated heterocycles. The highest BCUT2D eigenvalue weighted by atomic mass is 16.2. The summed E-state index contributed by atoms with van der Waals surface area (Å²) in [7, 11) is 0. The number of Topliss-reactive ketones (excluding diaryl/α,β-unsaturated/α-hetero) is 1. The van der Waals surface area contributed by atoms with Crippen LogP contribution in [0.25, 0.3) is 5.53 Å². The number of hydrogen-bond donors (Lipinski definition) is 0. The third-order valence-corrected chi connectivity index (χ3v) is 1.57. The molecule has 1 amide bonds. The van der Waals surface area contributed by atoms with Crippen molar-refractivity contribution in [3.63, 3.8) is 0 Å². The van der Waals surface area contributed by atoms with E-state index in [-0.39, 0.29) is 18.7 Å². The number of β-lactam (4-membered cyclic amide) rings is 1. The Hall–Kier alpha value is -2.03. The van der Waals surface area contributed by atoms with Gasteiger partial charge in [-0.2, -0.15) is 4.79 Å². The fraction of sp³-hybridized carbons (Fsp3) is 0.286. The molecule has 0 aromatic heterocycles. The molecule has 0 atom stereocenters. The molecular weight excluding hydrogens is 174 g/mol. The largest absolute Gasteiger partial charge is 0.361 e. The topological polar surface area (TPSA) is 90.8 Å². The molecule has 0 aliphatic carbocycles. The van der Waals surface area contributed by atoms with Gasteiger partial charge in [-0.15, -0.1) is 0 Å². The summed E-state index contributed by atoms with van der Waals surface area (Å²) in [4.78, 5) is 35.3. The van der Waals surface area contributed by atoms with E-state index < -0.39 is 11.7 Å². The van der Waals surface area contributed by atoms with Crippen LogP contribution in [0.1, 0.15) is 0 Å². The number of carbonyl (C=O) groups is 2. The van der Waals surface area contributed by atoms with E-state index in [9.17, 15) is 14.4 Å². The molecule has 0 saturated carbocycles. The number of rotatable bonds is 3. The Labute approximate surface area is 73.1 Å². The number of amides is 1. The molecule has 1 heterocycles. The first-order valence-corrected chi connectivity index (χ1v) is 3.42. The Morgan fingerprint density at radius 2 is 2.46 bits per heavy atom. The van der Waals surface area contributed by atoms with Gasteiger partial charge in [0.2, 0.25) is 0 Å². The number of carbonyl (C=O) groups excluding carboxylic acids is 3. The van der Waals surface area contributed by atoms with Crippen molar-refractivity contribution >= 4 is 23.8 Å². The Kier molecular flexibility index (Phi) is 2.50. The normalized spacial score (nSPS) is 14.3. The van der Waals surface area contributed by atoms with Gasteiger partial charge in [0.1, 0.15) is 11.5 Å². The Balaban J connectivity index is 2.52. The molecule has 66 valence electrons. The SMILES string of the molecule is [N-]=[N+]=CC(=O)CN1CC(=C=O)C1=O. The van der Waals surface area contributed by atoms with E-state index in [2.05, 4.69) is 4.79 Å². The van der Waals surface area contributed by atoms with Crippen molar-refractivity contribution in [2.24, 2.45) is 0 Å². The number of likely N-dealkylation sites (tertiary alicyclic amines) is 1. The molecule has 1 fully saturated rings.